The summed E-state index contributed by atoms with van der Waals surface area (Å²) < 4.78 is 37.1. The highest BCUT2D eigenvalue weighted by molar-refractivity contribution is 5.04. The molecule has 13 heavy (non-hydrogen) atoms. The quantitative estimate of drug-likeness (QED) is 0.770. The van der Waals surface area contributed by atoms with Gasteiger partial charge in [-0.2, -0.15) is 18.3 Å². The smallest absolute Gasteiger partial charge is 0.322 e. The Hall–Kier alpha value is -1.04. The molecule has 0 aliphatic heterocycles. The molecular formula is C7H10F3N3. The van der Waals surface area contributed by atoms with E-state index in [0.29, 0.717) is 0 Å². The number of nitrogens with zero attached hydrogens (tertiary/aromatic N) is 2. The molecule has 1 rings (SSSR count). The Morgan fingerprint density at radius 3 is 2.62 bits per heavy atom. The number of halogens is 3. The van der Waals surface area contributed by atoms with Gasteiger partial charge in [-0.1, -0.05) is 0 Å². The molecule has 6 heteroatoms. The van der Waals surface area contributed by atoms with E-state index >= 15 is 0 Å². The minimum atomic E-state index is -4.24. The second kappa shape index (κ2) is 3.37. The third-order valence-corrected chi connectivity index (χ3v) is 1.57. The average Bonchev–Trinajstić information content (AvgIpc) is 2.31. The number of aromatic nitrogens is 2. The van der Waals surface area contributed by atoms with E-state index in [-0.39, 0.29) is 5.69 Å². The molecule has 3 nitrogen and oxygen atoms in total. The predicted octanol–water partition coefficient (Wildman–Crippen LogP) is 1.37. The van der Waals surface area contributed by atoms with Gasteiger partial charge in [0.05, 0.1) is 18.2 Å². The van der Waals surface area contributed by atoms with Crippen molar-refractivity contribution in [1.29, 1.82) is 0 Å². The molecule has 0 aliphatic carbocycles. The molecule has 0 aliphatic rings. The molecule has 74 valence electrons. The largest absolute Gasteiger partial charge is 0.390 e. The molecular weight excluding hydrogens is 183 g/mol. The summed E-state index contributed by atoms with van der Waals surface area (Å²) in [5, 5.41) is 3.79. The summed E-state index contributed by atoms with van der Waals surface area (Å²) in [5.74, 6) is 0. The van der Waals surface area contributed by atoms with Gasteiger partial charge < -0.3 is 5.73 Å². The molecule has 0 aromatic carbocycles. The van der Waals surface area contributed by atoms with Gasteiger partial charge in [-0.3, -0.25) is 4.68 Å². The first-order valence-electron chi connectivity index (χ1n) is 3.70. The molecule has 1 heterocycles. The van der Waals surface area contributed by atoms with Crippen LogP contribution in [0.25, 0.3) is 0 Å². The lowest BCUT2D eigenvalue weighted by molar-refractivity contribution is -0.138. The summed E-state index contributed by atoms with van der Waals surface area (Å²) in [7, 11) is 1.63. The zero-order chi connectivity index (χ0) is 10.1. The summed E-state index contributed by atoms with van der Waals surface area (Å²) in [4.78, 5) is 0. The molecule has 1 unspecified atom stereocenters. The van der Waals surface area contributed by atoms with Crippen LogP contribution < -0.4 is 5.73 Å². The number of alkyl halides is 3. The fourth-order valence-corrected chi connectivity index (χ4v) is 0.985. The molecule has 0 spiro atoms. The molecule has 1 atom stereocenters. The van der Waals surface area contributed by atoms with Crippen LogP contribution in [-0.2, 0) is 7.05 Å². The van der Waals surface area contributed by atoms with E-state index in [2.05, 4.69) is 5.10 Å². The van der Waals surface area contributed by atoms with Crippen molar-refractivity contribution in [3.63, 3.8) is 0 Å². The van der Waals surface area contributed by atoms with Crippen molar-refractivity contribution in [3.8, 4) is 0 Å². The summed E-state index contributed by atoms with van der Waals surface area (Å²) in [6.45, 7) is 0. The minimum Gasteiger partial charge on any atom is -0.322 e. The lowest BCUT2D eigenvalue weighted by Gasteiger charge is -2.11. The van der Waals surface area contributed by atoms with Crippen molar-refractivity contribution in [2.45, 2.75) is 18.6 Å². The predicted molar refractivity (Wildman–Crippen MR) is 40.8 cm³/mol. The molecule has 0 saturated heterocycles. The van der Waals surface area contributed by atoms with E-state index < -0.39 is 18.6 Å². The molecule has 0 amide bonds. The fraction of sp³-hybridized carbons (Fsp3) is 0.571. The van der Waals surface area contributed by atoms with Gasteiger partial charge in [0.25, 0.3) is 0 Å². The third-order valence-electron chi connectivity index (χ3n) is 1.57. The van der Waals surface area contributed by atoms with Crippen LogP contribution in [0.3, 0.4) is 0 Å². The van der Waals surface area contributed by atoms with E-state index in [1.54, 1.807) is 13.2 Å². The highest BCUT2D eigenvalue weighted by Crippen LogP contribution is 2.26. The molecule has 0 radical (unpaired) electrons. The van der Waals surface area contributed by atoms with E-state index in [9.17, 15) is 13.2 Å². The van der Waals surface area contributed by atoms with Crippen LogP contribution in [0.15, 0.2) is 12.3 Å². The summed E-state index contributed by atoms with van der Waals surface area (Å²) >= 11 is 0. The van der Waals surface area contributed by atoms with Gasteiger partial charge >= 0.3 is 6.18 Å². The zero-order valence-corrected chi connectivity index (χ0v) is 7.04. The van der Waals surface area contributed by atoms with E-state index in [4.69, 9.17) is 5.73 Å². The van der Waals surface area contributed by atoms with Gasteiger partial charge in [0.2, 0.25) is 0 Å². The van der Waals surface area contributed by atoms with Crippen LogP contribution >= 0.6 is 0 Å². The van der Waals surface area contributed by atoms with Gasteiger partial charge in [-0.05, 0) is 6.07 Å². The lowest BCUT2D eigenvalue weighted by atomic mass is 10.1. The Labute approximate surface area is 73.3 Å². The number of hydrogen-bond donors (Lipinski definition) is 1. The van der Waals surface area contributed by atoms with Crippen molar-refractivity contribution >= 4 is 0 Å². The van der Waals surface area contributed by atoms with Crippen molar-refractivity contribution in [1.82, 2.24) is 9.78 Å². The van der Waals surface area contributed by atoms with Gasteiger partial charge in [-0.15, -0.1) is 0 Å². The maximum atomic E-state index is 11.9. The number of nitrogens with two attached hydrogens (primary N) is 1. The van der Waals surface area contributed by atoms with Gasteiger partial charge in [0.15, 0.2) is 0 Å². The first kappa shape index (κ1) is 10.0. The zero-order valence-electron chi connectivity index (χ0n) is 7.04. The second-order valence-corrected chi connectivity index (χ2v) is 2.84. The molecule has 1 aromatic rings. The van der Waals surface area contributed by atoms with Crippen molar-refractivity contribution in [2.24, 2.45) is 12.8 Å². The Bertz CT molecular complexity index is 279. The maximum Gasteiger partial charge on any atom is 0.390 e. The van der Waals surface area contributed by atoms with Crippen LogP contribution in [0, 0.1) is 0 Å². The fourth-order valence-electron chi connectivity index (χ4n) is 0.985. The first-order valence-corrected chi connectivity index (χ1v) is 3.70. The van der Waals surface area contributed by atoms with Gasteiger partial charge in [0.1, 0.15) is 0 Å². The van der Waals surface area contributed by atoms with Gasteiger partial charge in [0, 0.05) is 13.2 Å². The van der Waals surface area contributed by atoms with Crippen molar-refractivity contribution in [3.05, 3.63) is 18.0 Å². The Balaban J connectivity index is 2.64. The standard InChI is InChI=1S/C7H10F3N3/c1-13-3-2-6(12-13)5(11)4-7(8,9)10/h2-3,5H,4,11H2,1H3. The molecule has 0 fully saturated rings. The molecule has 2 N–H and O–H groups in total. The third kappa shape index (κ3) is 3.06. The highest BCUT2D eigenvalue weighted by Gasteiger charge is 2.31. The van der Waals surface area contributed by atoms with E-state index in [0.717, 1.165) is 0 Å². The molecule has 1 aromatic heterocycles. The summed E-state index contributed by atoms with van der Waals surface area (Å²) in [6.07, 6.45) is -3.72. The monoisotopic (exact) mass is 193 g/mol. The number of aryl methyl sites for hydroxylation is 1. The van der Waals surface area contributed by atoms with Crippen LogP contribution in [0.4, 0.5) is 13.2 Å². The maximum absolute atomic E-state index is 11.9. The van der Waals surface area contributed by atoms with Gasteiger partial charge in [-0.25, -0.2) is 0 Å². The van der Waals surface area contributed by atoms with E-state index in [1.807, 2.05) is 0 Å². The summed E-state index contributed by atoms with van der Waals surface area (Å²) in [5.41, 5.74) is 5.56. The van der Waals surface area contributed by atoms with Crippen LogP contribution in [0.2, 0.25) is 0 Å². The Morgan fingerprint density at radius 1 is 1.62 bits per heavy atom. The number of hydrogen-bond acceptors (Lipinski definition) is 2. The average molecular weight is 193 g/mol. The summed E-state index contributed by atoms with van der Waals surface area (Å²) in [6, 6.07) is 0.414. The minimum absolute atomic E-state index is 0.264. The lowest BCUT2D eigenvalue weighted by Crippen LogP contribution is -2.20. The topological polar surface area (TPSA) is 43.8 Å². The number of rotatable bonds is 2. The van der Waals surface area contributed by atoms with Crippen molar-refractivity contribution in [2.75, 3.05) is 0 Å². The normalized spacial score (nSPS) is 14.5. The van der Waals surface area contributed by atoms with Crippen LogP contribution in [-0.4, -0.2) is 16.0 Å². The molecule has 0 bridgehead atoms. The van der Waals surface area contributed by atoms with Crippen LogP contribution in [0.1, 0.15) is 18.2 Å². The Kier molecular flexibility index (Phi) is 2.60. The second-order valence-electron chi connectivity index (χ2n) is 2.84. The SMILES string of the molecule is Cn1ccc(C(N)CC(F)(F)F)n1. The molecule has 0 saturated carbocycles. The highest BCUT2D eigenvalue weighted by atomic mass is 19.4. The van der Waals surface area contributed by atoms with E-state index in [1.165, 1.54) is 10.7 Å². The first-order chi connectivity index (χ1) is 5.88. The van der Waals surface area contributed by atoms with Crippen LogP contribution in [0.5, 0.6) is 0 Å². The van der Waals surface area contributed by atoms with Crippen molar-refractivity contribution < 1.29 is 13.2 Å². The Morgan fingerprint density at radius 2 is 2.23 bits per heavy atom.